The lowest BCUT2D eigenvalue weighted by Gasteiger charge is -2.29. The number of halogens is 3. The number of Topliss-reactive ketones (excluding diaryl/α,β-unsaturated/α-hetero) is 1. The molecule has 1 fully saturated rings. The van der Waals surface area contributed by atoms with Gasteiger partial charge in [0.15, 0.2) is 5.78 Å². The van der Waals surface area contributed by atoms with Gasteiger partial charge in [-0.15, -0.1) is 0 Å². The van der Waals surface area contributed by atoms with E-state index in [0.29, 0.717) is 5.56 Å². The quantitative estimate of drug-likeness (QED) is 0.838. The summed E-state index contributed by atoms with van der Waals surface area (Å²) in [6, 6.07) is 4.91. The Balaban J connectivity index is 2.46. The Morgan fingerprint density at radius 1 is 1.32 bits per heavy atom. The first-order valence-electron chi connectivity index (χ1n) is 6.17. The van der Waals surface area contributed by atoms with Gasteiger partial charge < -0.3 is 5.32 Å². The van der Waals surface area contributed by atoms with Gasteiger partial charge in [-0.1, -0.05) is 23.8 Å². The van der Waals surface area contributed by atoms with Gasteiger partial charge >= 0.3 is 6.18 Å². The van der Waals surface area contributed by atoms with Crippen LogP contribution in [-0.4, -0.2) is 25.0 Å². The van der Waals surface area contributed by atoms with Crippen LogP contribution in [0.15, 0.2) is 18.2 Å². The van der Waals surface area contributed by atoms with Crippen molar-refractivity contribution in [3.63, 3.8) is 0 Å². The summed E-state index contributed by atoms with van der Waals surface area (Å²) in [6.07, 6.45) is -4.71. The summed E-state index contributed by atoms with van der Waals surface area (Å²) in [4.78, 5) is 12.4. The van der Waals surface area contributed by atoms with Crippen molar-refractivity contribution in [3.05, 3.63) is 34.9 Å². The normalized spacial score (nSPS) is 23.6. The predicted molar refractivity (Wildman–Crippen MR) is 66.2 cm³/mol. The molecule has 19 heavy (non-hydrogen) atoms. The van der Waals surface area contributed by atoms with Crippen molar-refractivity contribution in [2.45, 2.75) is 26.4 Å². The Labute approximate surface area is 110 Å². The summed E-state index contributed by atoms with van der Waals surface area (Å²) in [5.74, 6) is -0.817. The summed E-state index contributed by atoms with van der Waals surface area (Å²) < 4.78 is 39.9. The number of ketones is 1. The van der Waals surface area contributed by atoms with Crippen LogP contribution in [0.25, 0.3) is 0 Å². The van der Waals surface area contributed by atoms with Crippen LogP contribution >= 0.6 is 0 Å². The van der Waals surface area contributed by atoms with Crippen molar-refractivity contribution in [2.24, 2.45) is 5.41 Å². The molecule has 2 nitrogen and oxygen atoms in total. The highest BCUT2D eigenvalue weighted by Gasteiger charge is 2.61. The number of benzene rings is 1. The van der Waals surface area contributed by atoms with Gasteiger partial charge in [0.05, 0.1) is 0 Å². The van der Waals surface area contributed by atoms with E-state index in [4.69, 9.17) is 0 Å². The van der Waals surface area contributed by atoms with Crippen LogP contribution in [0.5, 0.6) is 0 Å². The molecule has 2 rings (SSSR count). The van der Waals surface area contributed by atoms with Gasteiger partial charge in [0, 0.05) is 12.1 Å². The number of aryl methyl sites for hydroxylation is 2. The molecule has 0 radical (unpaired) electrons. The van der Waals surface area contributed by atoms with Gasteiger partial charge in [-0.05, 0) is 32.4 Å². The molecule has 104 valence electrons. The van der Waals surface area contributed by atoms with E-state index < -0.39 is 17.4 Å². The first-order valence-corrected chi connectivity index (χ1v) is 6.17. The van der Waals surface area contributed by atoms with Crippen LogP contribution in [0.4, 0.5) is 13.2 Å². The van der Waals surface area contributed by atoms with Crippen molar-refractivity contribution in [1.82, 2.24) is 5.32 Å². The highest BCUT2D eigenvalue weighted by Crippen LogP contribution is 2.45. The molecule has 0 bridgehead atoms. The van der Waals surface area contributed by atoms with E-state index in [-0.39, 0.29) is 25.1 Å². The first kappa shape index (κ1) is 14.1. The van der Waals surface area contributed by atoms with E-state index in [2.05, 4.69) is 5.32 Å². The standard InChI is InChI=1S/C14H16F3NO/c1-9-3-4-11(10(2)7-9)12(19)13(14(15,16)17)5-6-18-8-13/h3-4,7,18H,5-6,8H2,1-2H3. The van der Waals surface area contributed by atoms with E-state index in [1.54, 1.807) is 19.1 Å². The molecule has 1 aromatic rings. The van der Waals surface area contributed by atoms with Crippen LogP contribution < -0.4 is 5.32 Å². The molecule has 1 atom stereocenters. The number of hydrogen-bond acceptors (Lipinski definition) is 2. The van der Waals surface area contributed by atoms with Crippen LogP contribution in [0.3, 0.4) is 0 Å². The number of carbonyl (C=O) groups excluding carboxylic acids is 1. The molecule has 0 aromatic heterocycles. The Hall–Kier alpha value is -1.36. The number of carbonyl (C=O) groups is 1. The van der Waals surface area contributed by atoms with Gasteiger partial charge in [0.25, 0.3) is 0 Å². The SMILES string of the molecule is Cc1ccc(C(=O)C2(C(F)(F)F)CCNC2)c(C)c1. The highest BCUT2D eigenvalue weighted by atomic mass is 19.4. The fraction of sp³-hybridized carbons (Fsp3) is 0.500. The smallest absolute Gasteiger partial charge is 0.315 e. The minimum Gasteiger partial charge on any atom is -0.315 e. The molecule has 1 saturated heterocycles. The number of nitrogens with one attached hydrogen (secondary N) is 1. The third kappa shape index (κ3) is 2.27. The minimum atomic E-state index is -4.52. The third-order valence-corrected chi connectivity index (χ3v) is 3.76. The van der Waals surface area contributed by atoms with E-state index in [0.717, 1.165) is 5.56 Å². The van der Waals surface area contributed by atoms with Crippen molar-refractivity contribution >= 4 is 5.78 Å². The molecule has 1 unspecified atom stereocenters. The molecule has 1 aliphatic heterocycles. The molecular formula is C14H16F3NO. The summed E-state index contributed by atoms with van der Waals surface area (Å²) in [7, 11) is 0. The lowest BCUT2D eigenvalue weighted by molar-refractivity contribution is -0.197. The van der Waals surface area contributed by atoms with E-state index in [9.17, 15) is 18.0 Å². The Morgan fingerprint density at radius 3 is 2.47 bits per heavy atom. The maximum absolute atomic E-state index is 13.3. The van der Waals surface area contributed by atoms with Gasteiger partial charge in [-0.2, -0.15) is 13.2 Å². The molecule has 5 heteroatoms. The van der Waals surface area contributed by atoms with E-state index in [1.807, 2.05) is 6.92 Å². The molecule has 1 heterocycles. The monoisotopic (exact) mass is 271 g/mol. The molecular weight excluding hydrogens is 255 g/mol. The van der Waals surface area contributed by atoms with E-state index in [1.165, 1.54) is 6.07 Å². The summed E-state index contributed by atoms with van der Waals surface area (Å²) in [5.41, 5.74) is -0.570. The maximum atomic E-state index is 13.3. The predicted octanol–water partition coefficient (Wildman–Crippen LogP) is 3.03. The van der Waals surface area contributed by atoms with Crippen LogP contribution in [0.2, 0.25) is 0 Å². The molecule has 0 amide bonds. The second-order valence-corrected chi connectivity index (χ2v) is 5.15. The van der Waals surface area contributed by atoms with Crippen LogP contribution in [0, 0.1) is 19.3 Å². The van der Waals surface area contributed by atoms with Crippen LogP contribution in [-0.2, 0) is 0 Å². The van der Waals surface area contributed by atoms with E-state index >= 15 is 0 Å². The molecule has 0 spiro atoms. The zero-order valence-electron chi connectivity index (χ0n) is 10.9. The van der Waals surface area contributed by atoms with Gasteiger partial charge in [0.2, 0.25) is 0 Å². The minimum absolute atomic E-state index is 0.173. The Kier molecular flexibility index (Phi) is 3.43. The Bertz CT molecular complexity index is 502. The topological polar surface area (TPSA) is 29.1 Å². The molecule has 1 N–H and O–H groups in total. The second-order valence-electron chi connectivity index (χ2n) is 5.15. The molecule has 1 aliphatic rings. The third-order valence-electron chi connectivity index (χ3n) is 3.76. The Morgan fingerprint density at radius 2 is 2.00 bits per heavy atom. The average Bonchev–Trinajstić information content (AvgIpc) is 2.77. The van der Waals surface area contributed by atoms with Crippen molar-refractivity contribution in [1.29, 1.82) is 0 Å². The number of hydrogen-bond donors (Lipinski definition) is 1. The lowest BCUT2D eigenvalue weighted by atomic mass is 9.77. The maximum Gasteiger partial charge on any atom is 0.402 e. The fourth-order valence-electron chi connectivity index (χ4n) is 2.58. The second kappa shape index (κ2) is 4.63. The number of alkyl halides is 3. The van der Waals surface area contributed by atoms with Gasteiger partial charge in [-0.25, -0.2) is 0 Å². The van der Waals surface area contributed by atoms with Gasteiger partial charge in [0.1, 0.15) is 5.41 Å². The average molecular weight is 271 g/mol. The van der Waals surface area contributed by atoms with Crippen molar-refractivity contribution < 1.29 is 18.0 Å². The zero-order chi connectivity index (χ0) is 14.3. The number of rotatable bonds is 2. The lowest BCUT2D eigenvalue weighted by Crippen LogP contribution is -2.47. The molecule has 0 aliphatic carbocycles. The summed E-state index contributed by atoms with van der Waals surface area (Å²) in [6.45, 7) is 3.41. The molecule has 0 saturated carbocycles. The highest BCUT2D eigenvalue weighted by molar-refractivity contribution is 6.02. The largest absolute Gasteiger partial charge is 0.402 e. The first-order chi connectivity index (χ1) is 8.78. The summed E-state index contributed by atoms with van der Waals surface area (Å²) >= 11 is 0. The zero-order valence-corrected chi connectivity index (χ0v) is 10.9. The van der Waals surface area contributed by atoms with Crippen molar-refractivity contribution in [2.75, 3.05) is 13.1 Å². The van der Waals surface area contributed by atoms with Gasteiger partial charge in [-0.3, -0.25) is 4.79 Å². The fourth-order valence-corrected chi connectivity index (χ4v) is 2.58. The van der Waals surface area contributed by atoms with Crippen molar-refractivity contribution in [3.8, 4) is 0 Å². The summed E-state index contributed by atoms with van der Waals surface area (Å²) in [5, 5.41) is 2.66. The molecule has 1 aromatic carbocycles. The van der Waals surface area contributed by atoms with Crippen LogP contribution in [0.1, 0.15) is 27.9 Å².